The van der Waals surface area contributed by atoms with Gasteiger partial charge in [0.05, 0.1) is 5.69 Å². The molecule has 0 radical (unpaired) electrons. The number of hydrazine groups is 1. The number of nitrogens with two attached hydrogens (primary N) is 1. The summed E-state index contributed by atoms with van der Waals surface area (Å²) in [5, 5.41) is 1.21. The fourth-order valence-corrected chi connectivity index (χ4v) is 1.18. The van der Waals surface area contributed by atoms with Crippen molar-refractivity contribution in [1.82, 2.24) is 0 Å². The van der Waals surface area contributed by atoms with Gasteiger partial charge in [0, 0.05) is 5.41 Å². The summed E-state index contributed by atoms with van der Waals surface area (Å²) in [4.78, 5) is 11.9. The normalized spacial score (nSPS) is 11.3. The van der Waals surface area contributed by atoms with Crippen LogP contribution >= 0.6 is 0 Å². The molecule has 0 atom stereocenters. The average molecular weight is 206 g/mol. The summed E-state index contributed by atoms with van der Waals surface area (Å²) < 4.78 is 0. The van der Waals surface area contributed by atoms with Gasteiger partial charge in [0.25, 0.3) is 0 Å². The quantitative estimate of drug-likeness (QED) is 0.435. The van der Waals surface area contributed by atoms with Crippen LogP contribution in [0.1, 0.15) is 26.3 Å². The molecule has 0 aliphatic carbocycles. The summed E-state index contributed by atoms with van der Waals surface area (Å²) in [6.07, 6.45) is 0. The minimum absolute atomic E-state index is 0.0913. The molecule has 0 unspecified atom stereocenters. The second kappa shape index (κ2) is 4.03. The summed E-state index contributed by atoms with van der Waals surface area (Å²) in [7, 11) is 0. The predicted molar refractivity (Wildman–Crippen MR) is 62.3 cm³/mol. The molecule has 0 bridgehead atoms. The van der Waals surface area contributed by atoms with Gasteiger partial charge in [-0.25, -0.2) is 10.9 Å². The van der Waals surface area contributed by atoms with Gasteiger partial charge in [-0.2, -0.15) is 0 Å². The summed E-state index contributed by atoms with van der Waals surface area (Å²) in [5.74, 6) is 5.67. The van der Waals surface area contributed by atoms with Crippen molar-refractivity contribution in [2.24, 2.45) is 11.3 Å². The second-order valence-corrected chi connectivity index (χ2v) is 4.76. The Balaban J connectivity index is 2.90. The molecule has 0 aromatic heterocycles. The van der Waals surface area contributed by atoms with E-state index in [0.29, 0.717) is 0 Å². The first-order valence-electron chi connectivity index (χ1n) is 4.98. The molecule has 0 spiro atoms. The summed E-state index contributed by atoms with van der Waals surface area (Å²) in [6, 6.07) is 7.56. The van der Waals surface area contributed by atoms with Crippen LogP contribution in [-0.4, -0.2) is 5.91 Å². The van der Waals surface area contributed by atoms with Crippen LogP contribution in [0.2, 0.25) is 0 Å². The SMILES string of the molecule is Cc1ccc(N(N)C(=O)C(C)(C)C)cc1. The van der Waals surface area contributed by atoms with Crippen LogP contribution in [0.25, 0.3) is 0 Å². The molecular weight excluding hydrogens is 188 g/mol. The van der Waals surface area contributed by atoms with Crippen molar-refractivity contribution in [3.05, 3.63) is 29.8 Å². The number of aryl methyl sites for hydroxylation is 1. The average Bonchev–Trinajstić information content (AvgIpc) is 2.15. The molecule has 0 saturated carbocycles. The van der Waals surface area contributed by atoms with E-state index in [1.165, 1.54) is 5.01 Å². The Labute approximate surface area is 90.9 Å². The van der Waals surface area contributed by atoms with Crippen LogP contribution in [0.4, 0.5) is 5.69 Å². The zero-order chi connectivity index (χ0) is 11.6. The first-order chi connectivity index (χ1) is 6.82. The highest BCUT2D eigenvalue weighted by Crippen LogP contribution is 2.20. The molecular formula is C12H18N2O. The Morgan fingerprint density at radius 2 is 1.67 bits per heavy atom. The maximum absolute atomic E-state index is 11.9. The van der Waals surface area contributed by atoms with Crippen LogP contribution in [0, 0.1) is 12.3 Å². The smallest absolute Gasteiger partial charge is 0.246 e. The fourth-order valence-electron chi connectivity index (χ4n) is 1.18. The molecule has 1 amide bonds. The molecule has 0 saturated heterocycles. The van der Waals surface area contributed by atoms with Crippen molar-refractivity contribution in [3.63, 3.8) is 0 Å². The lowest BCUT2D eigenvalue weighted by molar-refractivity contribution is -0.125. The van der Waals surface area contributed by atoms with Gasteiger partial charge < -0.3 is 0 Å². The zero-order valence-electron chi connectivity index (χ0n) is 9.74. The Bertz CT molecular complexity index is 349. The number of nitrogens with zero attached hydrogens (tertiary/aromatic N) is 1. The van der Waals surface area contributed by atoms with Crippen LogP contribution in [0.3, 0.4) is 0 Å². The molecule has 1 aromatic rings. The largest absolute Gasteiger partial charge is 0.272 e. The fraction of sp³-hybridized carbons (Fsp3) is 0.417. The number of hydrogen-bond donors (Lipinski definition) is 1. The van der Waals surface area contributed by atoms with E-state index in [4.69, 9.17) is 5.84 Å². The lowest BCUT2D eigenvalue weighted by atomic mass is 9.95. The molecule has 1 aromatic carbocycles. The first kappa shape index (κ1) is 11.7. The molecule has 1 rings (SSSR count). The van der Waals surface area contributed by atoms with Gasteiger partial charge >= 0.3 is 0 Å². The van der Waals surface area contributed by atoms with Gasteiger partial charge in [-0.1, -0.05) is 38.5 Å². The van der Waals surface area contributed by atoms with E-state index in [1.54, 1.807) is 0 Å². The summed E-state index contributed by atoms with van der Waals surface area (Å²) in [6.45, 7) is 7.55. The zero-order valence-corrected chi connectivity index (χ0v) is 9.74. The summed E-state index contributed by atoms with van der Waals surface area (Å²) in [5.41, 5.74) is 1.41. The van der Waals surface area contributed by atoms with Gasteiger partial charge in [-0.05, 0) is 19.1 Å². The number of benzene rings is 1. The Kier molecular flexibility index (Phi) is 3.15. The predicted octanol–water partition coefficient (Wildman–Crippen LogP) is 2.25. The third-order valence-electron chi connectivity index (χ3n) is 2.17. The molecule has 0 aliphatic rings. The molecule has 15 heavy (non-hydrogen) atoms. The number of rotatable bonds is 1. The molecule has 0 heterocycles. The van der Waals surface area contributed by atoms with E-state index < -0.39 is 5.41 Å². The van der Waals surface area contributed by atoms with E-state index >= 15 is 0 Å². The van der Waals surface area contributed by atoms with Gasteiger partial charge in [0.2, 0.25) is 5.91 Å². The Morgan fingerprint density at radius 1 is 1.20 bits per heavy atom. The third-order valence-corrected chi connectivity index (χ3v) is 2.17. The van der Waals surface area contributed by atoms with Crippen molar-refractivity contribution in [3.8, 4) is 0 Å². The first-order valence-corrected chi connectivity index (χ1v) is 4.98. The lowest BCUT2D eigenvalue weighted by Gasteiger charge is -2.25. The van der Waals surface area contributed by atoms with Gasteiger partial charge in [-0.15, -0.1) is 0 Å². The van der Waals surface area contributed by atoms with Gasteiger partial charge in [-0.3, -0.25) is 4.79 Å². The van der Waals surface area contributed by atoms with E-state index in [-0.39, 0.29) is 5.91 Å². The standard InChI is InChI=1S/C12H18N2O/c1-9-5-7-10(8-6-9)14(13)11(15)12(2,3)4/h5-8H,13H2,1-4H3. The second-order valence-electron chi connectivity index (χ2n) is 4.76. The third kappa shape index (κ3) is 2.80. The number of anilines is 1. The Morgan fingerprint density at radius 3 is 2.07 bits per heavy atom. The highest BCUT2D eigenvalue weighted by molar-refractivity contribution is 5.95. The highest BCUT2D eigenvalue weighted by atomic mass is 16.2. The van der Waals surface area contributed by atoms with Crippen molar-refractivity contribution >= 4 is 11.6 Å². The van der Waals surface area contributed by atoms with Crippen LogP contribution in [0.5, 0.6) is 0 Å². The van der Waals surface area contributed by atoms with Gasteiger partial charge in [0.15, 0.2) is 0 Å². The maximum atomic E-state index is 11.9. The highest BCUT2D eigenvalue weighted by Gasteiger charge is 2.26. The van der Waals surface area contributed by atoms with E-state index in [2.05, 4.69) is 0 Å². The number of carbonyl (C=O) groups excluding carboxylic acids is 1. The van der Waals surface area contributed by atoms with Crippen molar-refractivity contribution in [2.75, 3.05) is 5.01 Å². The molecule has 3 nitrogen and oxygen atoms in total. The minimum Gasteiger partial charge on any atom is -0.272 e. The maximum Gasteiger partial charge on any atom is 0.246 e. The monoisotopic (exact) mass is 206 g/mol. The number of carbonyl (C=O) groups is 1. The van der Waals surface area contributed by atoms with Crippen LogP contribution < -0.4 is 10.9 Å². The van der Waals surface area contributed by atoms with E-state index in [0.717, 1.165) is 11.3 Å². The minimum atomic E-state index is -0.459. The van der Waals surface area contributed by atoms with E-state index in [1.807, 2.05) is 52.0 Å². The molecule has 0 fully saturated rings. The molecule has 2 N–H and O–H groups in total. The number of amides is 1. The molecule has 3 heteroatoms. The topological polar surface area (TPSA) is 46.3 Å². The lowest BCUT2D eigenvalue weighted by Crippen LogP contribution is -2.44. The van der Waals surface area contributed by atoms with Gasteiger partial charge in [0.1, 0.15) is 0 Å². The van der Waals surface area contributed by atoms with Crippen molar-refractivity contribution in [1.29, 1.82) is 0 Å². The molecule has 0 aliphatic heterocycles. The molecule has 82 valence electrons. The van der Waals surface area contributed by atoms with Crippen molar-refractivity contribution in [2.45, 2.75) is 27.7 Å². The van der Waals surface area contributed by atoms with E-state index in [9.17, 15) is 4.79 Å². The summed E-state index contributed by atoms with van der Waals surface area (Å²) >= 11 is 0. The van der Waals surface area contributed by atoms with Crippen LogP contribution in [0.15, 0.2) is 24.3 Å². The van der Waals surface area contributed by atoms with Crippen molar-refractivity contribution < 1.29 is 4.79 Å². The number of hydrogen-bond acceptors (Lipinski definition) is 2. The van der Waals surface area contributed by atoms with Crippen LogP contribution in [-0.2, 0) is 4.79 Å². The Hall–Kier alpha value is -1.35.